The Labute approximate surface area is 112 Å². The van der Waals surface area contributed by atoms with Gasteiger partial charge in [0.05, 0.1) is 11.6 Å². The Hall–Kier alpha value is -2.60. The Kier molecular flexibility index (Phi) is 3.63. The van der Waals surface area contributed by atoms with Crippen molar-refractivity contribution in [3.63, 3.8) is 0 Å². The quantitative estimate of drug-likeness (QED) is 0.822. The zero-order chi connectivity index (χ0) is 13.8. The molecule has 2 aromatic rings. The van der Waals surface area contributed by atoms with Crippen LogP contribution in [-0.4, -0.2) is 24.9 Å². The van der Waals surface area contributed by atoms with E-state index in [4.69, 9.17) is 5.26 Å². The first-order valence-electron chi connectivity index (χ1n) is 5.94. The summed E-state index contributed by atoms with van der Waals surface area (Å²) in [6.45, 7) is 0. The summed E-state index contributed by atoms with van der Waals surface area (Å²) in [6.07, 6.45) is 0. The summed E-state index contributed by atoms with van der Waals surface area (Å²) in [6, 6.07) is 16.9. The van der Waals surface area contributed by atoms with Crippen molar-refractivity contribution >= 4 is 5.91 Å². The SMILES string of the molecule is CN(C)C(=O)c1cccc(-c2ccccc2C#N)c1. The van der Waals surface area contributed by atoms with Gasteiger partial charge >= 0.3 is 0 Å². The van der Waals surface area contributed by atoms with Crippen LogP contribution in [0.15, 0.2) is 48.5 Å². The largest absolute Gasteiger partial charge is 0.345 e. The molecule has 0 spiro atoms. The van der Waals surface area contributed by atoms with Gasteiger partial charge < -0.3 is 4.90 Å². The maximum atomic E-state index is 11.9. The lowest BCUT2D eigenvalue weighted by molar-refractivity contribution is 0.0827. The second-order valence-corrected chi connectivity index (χ2v) is 4.44. The monoisotopic (exact) mass is 250 g/mol. The first-order chi connectivity index (χ1) is 9.13. The molecule has 0 unspecified atom stereocenters. The summed E-state index contributed by atoms with van der Waals surface area (Å²) in [5.74, 6) is -0.0451. The number of nitrogens with zero attached hydrogens (tertiary/aromatic N) is 2. The summed E-state index contributed by atoms with van der Waals surface area (Å²) in [5, 5.41) is 9.12. The fourth-order valence-electron chi connectivity index (χ4n) is 1.91. The highest BCUT2D eigenvalue weighted by atomic mass is 16.2. The molecule has 0 radical (unpaired) electrons. The summed E-state index contributed by atoms with van der Waals surface area (Å²) < 4.78 is 0. The van der Waals surface area contributed by atoms with Crippen molar-refractivity contribution in [2.45, 2.75) is 0 Å². The molecule has 0 aliphatic heterocycles. The number of benzene rings is 2. The van der Waals surface area contributed by atoms with Gasteiger partial charge in [-0.3, -0.25) is 4.79 Å². The van der Waals surface area contributed by atoms with Gasteiger partial charge in [0.2, 0.25) is 0 Å². The predicted octanol–water partition coefficient (Wildman–Crippen LogP) is 2.93. The van der Waals surface area contributed by atoms with E-state index < -0.39 is 0 Å². The lowest BCUT2D eigenvalue weighted by atomic mass is 9.98. The maximum Gasteiger partial charge on any atom is 0.253 e. The Morgan fingerprint density at radius 2 is 1.84 bits per heavy atom. The van der Waals surface area contributed by atoms with Gasteiger partial charge in [0, 0.05) is 19.7 Å². The summed E-state index contributed by atoms with van der Waals surface area (Å²) in [5.41, 5.74) is 2.95. The number of nitriles is 1. The van der Waals surface area contributed by atoms with Gasteiger partial charge in [-0.2, -0.15) is 5.26 Å². The molecule has 19 heavy (non-hydrogen) atoms. The van der Waals surface area contributed by atoms with Gasteiger partial charge in [0.1, 0.15) is 0 Å². The Morgan fingerprint density at radius 1 is 1.11 bits per heavy atom. The molecule has 0 saturated carbocycles. The van der Waals surface area contributed by atoms with Gasteiger partial charge in [0.25, 0.3) is 5.91 Å². The molecule has 0 aliphatic rings. The lowest BCUT2D eigenvalue weighted by Crippen LogP contribution is -2.21. The standard InChI is InChI=1S/C16H14N2O/c1-18(2)16(19)13-8-5-7-12(10-13)15-9-4-3-6-14(15)11-17/h3-10H,1-2H3. The van der Waals surface area contributed by atoms with E-state index in [9.17, 15) is 4.79 Å². The van der Waals surface area contributed by atoms with Crippen LogP contribution in [0.3, 0.4) is 0 Å². The molecule has 0 bridgehead atoms. The lowest BCUT2D eigenvalue weighted by Gasteiger charge is -2.11. The van der Waals surface area contributed by atoms with Crippen LogP contribution in [0.2, 0.25) is 0 Å². The third-order valence-corrected chi connectivity index (χ3v) is 2.87. The molecule has 0 aliphatic carbocycles. The number of hydrogen-bond acceptors (Lipinski definition) is 2. The van der Waals surface area contributed by atoms with E-state index in [1.54, 1.807) is 26.2 Å². The fraction of sp³-hybridized carbons (Fsp3) is 0.125. The molecule has 2 aromatic carbocycles. The Morgan fingerprint density at radius 3 is 2.53 bits per heavy atom. The van der Waals surface area contributed by atoms with Crippen molar-refractivity contribution in [3.8, 4) is 17.2 Å². The molecule has 2 rings (SSSR count). The van der Waals surface area contributed by atoms with Crippen molar-refractivity contribution in [1.29, 1.82) is 5.26 Å². The summed E-state index contributed by atoms with van der Waals surface area (Å²) in [4.78, 5) is 13.5. The minimum absolute atomic E-state index is 0.0451. The first-order valence-corrected chi connectivity index (χ1v) is 5.94. The van der Waals surface area contributed by atoms with Crippen LogP contribution in [0.5, 0.6) is 0 Å². The van der Waals surface area contributed by atoms with Gasteiger partial charge in [0.15, 0.2) is 0 Å². The van der Waals surface area contributed by atoms with Crippen LogP contribution in [0.4, 0.5) is 0 Å². The number of amides is 1. The van der Waals surface area contributed by atoms with Crippen molar-refractivity contribution < 1.29 is 4.79 Å². The molecule has 0 heterocycles. The average Bonchev–Trinajstić information content (AvgIpc) is 2.46. The molecular weight excluding hydrogens is 236 g/mol. The van der Waals surface area contributed by atoms with Crippen LogP contribution in [0.1, 0.15) is 15.9 Å². The van der Waals surface area contributed by atoms with Crippen molar-refractivity contribution in [3.05, 3.63) is 59.7 Å². The molecule has 0 fully saturated rings. The zero-order valence-corrected chi connectivity index (χ0v) is 10.9. The van der Waals surface area contributed by atoms with Crippen molar-refractivity contribution in [2.75, 3.05) is 14.1 Å². The topological polar surface area (TPSA) is 44.1 Å². The van der Waals surface area contributed by atoms with Crippen LogP contribution in [0, 0.1) is 11.3 Å². The predicted molar refractivity (Wildman–Crippen MR) is 74.6 cm³/mol. The van der Waals surface area contributed by atoms with Crippen LogP contribution < -0.4 is 0 Å². The van der Waals surface area contributed by atoms with Gasteiger partial charge in [-0.1, -0.05) is 30.3 Å². The summed E-state index contributed by atoms with van der Waals surface area (Å²) >= 11 is 0. The van der Waals surface area contributed by atoms with E-state index in [1.165, 1.54) is 4.90 Å². The molecule has 0 atom stereocenters. The normalized spacial score (nSPS) is 9.74. The third kappa shape index (κ3) is 2.63. The van der Waals surface area contributed by atoms with E-state index in [-0.39, 0.29) is 5.91 Å². The van der Waals surface area contributed by atoms with Crippen LogP contribution >= 0.6 is 0 Å². The van der Waals surface area contributed by atoms with Gasteiger partial charge in [-0.05, 0) is 29.3 Å². The molecule has 0 N–H and O–H groups in total. The molecule has 94 valence electrons. The number of hydrogen-bond donors (Lipinski definition) is 0. The maximum absolute atomic E-state index is 11.9. The molecule has 3 heteroatoms. The highest BCUT2D eigenvalue weighted by Gasteiger charge is 2.10. The Balaban J connectivity index is 2.50. The molecular formula is C16H14N2O. The van der Waals surface area contributed by atoms with Crippen LogP contribution in [0.25, 0.3) is 11.1 Å². The second kappa shape index (κ2) is 5.36. The summed E-state index contributed by atoms with van der Waals surface area (Å²) in [7, 11) is 3.44. The van der Waals surface area contributed by atoms with Gasteiger partial charge in [-0.25, -0.2) is 0 Å². The van der Waals surface area contributed by atoms with E-state index in [0.29, 0.717) is 11.1 Å². The smallest absolute Gasteiger partial charge is 0.253 e. The number of carbonyl (C=O) groups excluding carboxylic acids is 1. The number of carbonyl (C=O) groups is 1. The zero-order valence-electron chi connectivity index (χ0n) is 10.9. The minimum atomic E-state index is -0.0451. The molecule has 0 aromatic heterocycles. The van der Waals surface area contributed by atoms with E-state index >= 15 is 0 Å². The highest BCUT2D eigenvalue weighted by molar-refractivity contribution is 5.95. The third-order valence-electron chi connectivity index (χ3n) is 2.87. The van der Waals surface area contributed by atoms with E-state index in [2.05, 4.69) is 6.07 Å². The fourth-order valence-corrected chi connectivity index (χ4v) is 1.91. The average molecular weight is 250 g/mol. The second-order valence-electron chi connectivity index (χ2n) is 4.44. The van der Waals surface area contributed by atoms with Crippen molar-refractivity contribution in [2.24, 2.45) is 0 Å². The number of rotatable bonds is 2. The van der Waals surface area contributed by atoms with E-state index in [1.807, 2.05) is 36.4 Å². The van der Waals surface area contributed by atoms with Gasteiger partial charge in [-0.15, -0.1) is 0 Å². The molecule has 0 saturated heterocycles. The van der Waals surface area contributed by atoms with E-state index in [0.717, 1.165) is 11.1 Å². The molecule has 1 amide bonds. The Bertz CT molecular complexity index is 654. The van der Waals surface area contributed by atoms with Crippen molar-refractivity contribution in [1.82, 2.24) is 4.90 Å². The molecule has 3 nitrogen and oxygen atoms in total. The minimum Gasteiger partial charge on any atom is -0.345 e. The highest BCUT2D eigenvalue weighted by Crippen LogP contribution is 2.24. The first kappa shape index (κ1) is 12.8. The van der Waals surface area contributed by atoms with Crippen LogP contribution in [-0.2, 0) is 0 Å².